The number of morpholine rings is 1. The molecule has 1 saturated heterocycles. The zero-order chi connectivity index (χ0) is 15.9. The second-order valence-corrected chi connectivity index (χ2v) is 5.55. The van der Waals surface area contributed by atoms with Gasteiger partial charge in [-0.3, -0.25) is 9.59 Å². The van der Waals surface area contributed by atoms with Crippen LogP contribution >= 0.6 is 0 Å². The lowest BCUT2D eigenvalue weighted by molar-refractivity contribution is -0.116. The van der Waals surface area contributed by atoms with Crippen LogP contribution < -0.4 is 11.1 Å². The third-order valence-electron chi connectivity index (χ3n) is 3.54. The fourth-order valence-electron chi connectivity index (χ4n) is 2.23. The van der Waals surface area contributed by atoms with E-state index < -0.39 is 0 Å². The molecule has 1 atom stereocenters. The topological polar surface area (TPSA) is 84.7 Å². The van der Waals surface area contributed by atoms with Crippen molar-refractivity contribution in [1.82, 2.24) is 4.90 Å². The van der Waals surface area contributed by atoms with Gasteiger partial charge < -0.3 is 20.7 Å². The van der Waals surface area contributed by atoms with Crippen LogP contribution in [0.2, 0.25) is 0 Å². The Bertz CT molecular complexity index is 508. The Morgan fingerprint density at radius 1 is 1.27 bits per heavy atom. The first-order chi connectivity index (χ1) is 10.6. The summed E-state index contributed by atoms with van der Waals surface area (Å²) in [5, 5.41) is 2.80. The monoisotopic (exact) mass is 305 g/mol. The third-order valence-corrected chi connectivity index (χ3v) is 3.54. The maximum Gasteiger partial charge on any atom is 0.254 e. The molecule has 1 unspecified atom stereocenters. The molecule has 0 aliphatic carbocycles. The molecule has 120 valence electrons. The summed E-state index contributed by atoms with van der Waals surface area (Å²) in [5.74, 6) is -0.0670. The minimum Gasteiger partial charge on any atom is -0.378 e. The van der Waals surface area contributed by atoms with Gasteiger partial charge >= 0.3 is 0 Å². The summed E-state index contributed by atoms with van der Waals surface area (Å²) in [6.07, 6.45) is 1.05. The molecule has 0 bridgehead atoms. The normalized spacial score (nSPS) is 16.2. The fourth-order valence-corrected chi connectivity index (χ4v) is 2.23. The lowest BCUT2D eigenvalue weighted by Gasteiger charge is -2.26. The highest BCUT2D eigenvalue weighted by molar-refractivity contribution is 5.95. The van der Waals surface area contributed by atoms with Crippen molar-refractivity contribution in [2.24, 2.45) is 5.73 Å². The summed E-state index contributed by atoms with van der Waals surface area (Å²) in [6, 6.07) is 6.98. The van der Waals surface area contributed by atoms with E-state index in [1.54, 1.807) is 29.2 Å². The standard InChI is InChI=1S/C16H23N3O3/c1-12(17)2-7-15(20)18-14-5-3-13(4-6-14)16(21)19-8-10-22-11-9-19/h3-6,12H,2,7-11,17H2,1H3,(H,18,20). The lowest BCUT2D eigenvalue weighted by Crippen LogP contribution is -2.40. The van der Waals surface area contributed by atoms with E-state index in [4.69, 9.17) is 10.5 Å². The number of hydrogen-bond acceptors (Lipinski definition) is 4. The van der Waals surface area contributed by atoms with Crippen molar-refractivity contribution in [1.29, 1.82) is 0 Å². The highest BCUT2D eigenvalue weighted by atomic mass is 16.5. The number of anilines is 1. The van der Waals surface area contributed by atoms with Gasteiger partial charge in [0.2, 0.25) is 5.91 Å². The van der Waals surface area contributed by atoms with Crippen LogP contribution in [-0.2, 0) is 9.53 Å². The van der Waals surface area contributed by atoms with Gasteiger partial charge in [0.25, 0.3) is 5.91 Å². The third kappa shape index (κ3) is 4.82. The van der Waals surface area contributed by atoms with Crippen LogP contribution in [0.5, 0.6) is 0 Å². The molecule has 0 spiro atoms. The molecule has 6 heteroatoms. The predicted molar refractivity (Wildman–Crippen MR) is 84.7 cm³/mol. The summed E-state index contributed by atoms with van der Waals surface area (Å²) in [5.41, 5.74) is 6.94. The summed E-state index contributed by atoms with van der Waals surface area (Å²) >= 11 is 0. The zero-order valence-corrected chi connectivity index (χ0v) is 12.9. The molecule has 22 heavy (non-hydrogen) atoms. The minimum absolute atomic E-state index is 0.00173. The van der Waals surface area contributed by atoms with Crippen LogP contribution in [0.25, 0.3) is 0 Å². The van der Waals surface area contributed by atoms with Crippen LogP contribution in [0.4, 0.5) is 5.69 Å². The van der Waals surface area contributed by atoms with Crippen molar-refractivity contribution in [3.05, 3.63) is 29.8 Å². The first-order valence-corrected chi connectivity index (χ1v) is 7.59. The predicted octanol–water partition coefficient (Wildman–Crippen LogP) is 1.22. The number of carbonyl (C=O) groups is 2. The van der Waals surface area contributed by atoms with Gasteiger partial charge in [0.1, 0.15) is 0 Å². The van der Waals surface area contributed by atoms with Crippen molar-refractivity contribution in [3.63, 3.8) is 0 Å². The Labute approximate surface area is 130 Å². The lowest BCUT2D eigenvalue weighted by atomic mass is 10.1. The van der Waals surface area contributed by atoms with E-state index in [-0.39, 0.29) is 17.9 Å². The zero-order valence-electron chi connectivity index (χ0n) is 12.9. The first-order valence-electron chi connectivity index (χ1n) is 7.59. The van der Waals surface area contributed by atoms with Crippen molar-refractivity contribution in [3.8, 4) is 0 Å². The molecular formula is C16H23N3O3. The minimum atomic E-state index is -0.0652. The number of ether oxygens (including phenoxy) is 1. The summed E-state index contributed by atoms with van der Waals surface area (Å²) in [6.45, 7) is 4.28. The van der Waals surface area contributed by atoms with E-state index in [0.717, 1.165) is 0 Å². The highest BCUT2D eigenvalue weighted by Gasteiger charge is 2.18. The Hall–Kier alpha value is -1.92. The first kappa shape index (κ1) is 16.5. The molecule has 1 aliphatic rings. The van der Waals surface area contributed by atoms with Crippen molar-refractivity contribution >= 4 is 17.5 Å². The van der Waals surface area contributed by atoms with Crippen LogP contribution in [0.3, 0.4) is 0 Å². The van der Waals surface area contributed by atoms with Gasteiger partial charge in [-0.2, -0.15) is 0 Å². The van der Waals surface area contributed by atoms with E-state index >= 15 is 0 Å². The summed E-state index contributed by atoms with van der Waals surface area (Å²) in [7, 11) is 0. The molecule has 1 aromatic carbocycles. The van der Waals surface area contributed by atoms with Crippen LogP contribution in [0.1, 0.15) is 30.1 Å². The molecule has 3 N–H and O–H groups in total. The van der Waals surface area contributed by atoms with Crippen molar-refractivity contribution in [2.45, 2.75) is 25.8 Å². The number of benzene rings is 1. The van der Waals surface area contributed by atoms with Gasteiger partial charge in [0.15, 0.2) is 0 Å². The maximum atomic E-state index is 12.3. The molecule has 1 aromatic rings. The van der Waals surface area contributed by atoms with Gasteiger partial charge in [-0.15, -0.1) is 0 Å². The summed E-state index contributed by atoms with van der Waals surface area (Å²) in [4.78, 5) is 25.8. The van der Waals surface area contributed by atoms with Crippen molar-refractivity contribution < 1.29 is 14.3 Å². The molecule has 0 radical (unpaired) electrons. The Morgan fingerprint density at radius 2 is 1.91 bits per heavy atom. The summed E-state index contributed by atoms with van der Waals surface area (Å²) < 4.78 is 5.24. The number of nitrogens with zero attached hydrogens (tertiary/aromatic N) is 1. The van der Waals surface area contributed by atoms with Gasteiger partial charge in [-0.05, 0) is 37.6 Å². The second-order valence-electron chi connectivity index (χ2n) is 5.55. The highest BCUT2D eigenvalue weighted by Crippen LogP contribution is 2.13. The second kappa shape index (κ2) is 7.91. The molecule has 1 fully saturated rings. The average molecular weight is 305 g/mol. The SMILES string of the molecule is CC(N)CCC(=O)Nc1ccc(C(=O)N2CCOCC2)cc1. The van der Waals surface area contributed by atoms with Crippen LogP contribution in [-0.4, -0.2) is 49.1 Å². The molecular weight excluding hydrogens is 282 g/mol. The van der Waals surface area contributed by atoms with Crippen molar-refractivity contribution in [2.75, 3.05) is 31.6 Å². The van der Waals surface area contributed by atoms with E-state index in [0.29, 0.717) is 50.4 Å². The molecule has 6 nitrogen and oxygen atoms in total. The quantitative estimate of drug-likeness (QED) is 0.857. The van der Waals surface area contributed by atoms with Gasteiger partial charge in [-0.25, -0.2) is 0 Å². The van der Waals surface area contributed by atoms with Gasteiger partial charge in [0, 0.05) is 36.8 Å². The number of hydrogen-bond donors (Lipinski definition) is 2. The smallest absolute Gasteiger partial charge is 0.254 e. The largest absolute Gasteiger partial charge is 0.378 e. The number of carbonyl (C=O) groups excluding carboxylic acids is 2. The van der Waals surface area contributed by atoms with E-state index in [1.165, 1.54) is 0 Å². The van der Waals surface area contributed by atoms with Crippen LogP contribution in [0.15, 0.2) is 24.3 Å². The number of amides is 2. The number of nitrogens with two attached hydrogens (primary N) is 1. The Kier molecular flexibility index (Phi) is 5.91. The van der Waals surface area contributed by atoms with Gasteiger partial charge in [0.05, 0.1) is 13.2 Å². The number of nitrogens with one attached hydrogen (secondary N) is 1. The Balaban J connectivity index is 1.89. The fraction of sp³-hybridized carbons (Fsp3) is 0.500. The van der Waals surface area contributed by atoms with Crippen LogP contribution in [0, 0.1) is 0 Å². The van der Waals surface area contributed by atoms with E-state index in [1.807, 2.05) is 6.92 Å². The maximum absolute atomic E-state index is 12.3. The molecule has 0 aromatic heterocycles. The van der Waals surface area contributed by atoms with E-state index in [2.05, 4.69) is 5.32 Å². The van der Waals surface area contributed by atoms with E-state index in [9.17, 15) is 9.59 Å². The molecule has 2 amide bonds. The average Bonchev–Trinajstić information content (AvgIpc) is 2.54. The van der Waals surface area contributed by atoms with Gasteiger partial charge in [-0.1, -0.05) is 0 Å². The Morgan fingerprint density at radius 3 is 2.50 bits per heavy atom. The molecule has 2 rings (SSSR count). The number of rotatable bonds is 5. The molecule has 1 heterocycles. The molecule has 0 saturated carbocycles. The molecule has 1 aliphatic heterocycles.